The van der Waals surface area contributed by atoms with Gasteiger partial charge in [0.2, 0.25) is 5.88 Å². The number of ether oxygens (including phenoxy) is 1. The van der Waals surface area contributed by atoms with E-state index in [0.29, 0.717) is 0 Å². The highest BCUT2D eigenvalue weighted by Crippen LogP contribution is 2.31. The summed E-state index contributed by atoms with van der Waals surface area (Å²) in [4.78, 5) is 4.36. The number of pyridine rings is 1. The van der Waals surface area contributed by atoms with Gasteiger partial charge in [-0.2, -0.15) is 5.10 Å². The van der Waals surface area contributed by atoms with Gasteiger partial charge in [0.25, 0.3) is 0 Å². The van der Waals surface area contributed by atoms with Crippen LogP contribution in [0.25, 0.3) is 11.3 Å². The predicted octanol–water partition coefficient (Wildman–Crippen LogP) is 2.67. The lowest BCUT2D eigenvalue weighted by molar-refractivity contribution is 0.360. The van der Waals surface area contributed by atoms with E-state index < -0.39 is 0 Å². The van der Waals surface area contributed by atoms with Crippen LogP contribution in [0, 0.1) is 6.92 Å². The van der Waals surface area contributed by atoms with Crippen molar-refractivity contribution >= 4 is 0 Å². The second-order valence-corrected chi connectivity index (χ2v) is 3.91. The molecule has 0 N–H and O–H groups in total. The summed E-state index contributed by atoms with van der Waals surface area (Å²) in [5.74, 6) is 0.794. The molecule has 0 aliphatic heterocycles. The van der Waals surface area contributed by atoms with Gasteiger partial charge < -0.3 is 4.74 Å². The topological polar surface area (TPSA) is 39.9 Å². The first-order valence-electron chi connectivity index (χ1n) is 5.80. The molecule has 0 bridgehead atoms. The smallest absolute Gasteiger partial charge is 0.221 e. The van der Waals surface area contributed by atoms with Gasteiger partial charge in [-0.15, -0.1) is 0 Å². The van der Waals surface area contributed by atoms with Crippen LogP contribution in [0.3, 0.4) is 0 Å². The average molecular weight is 231 g/mol. The minimum Gasteiger partial charge on any atom is -0.481 e. The number of hydrogen-bond acceptors (Lipinski definition) is 3. The van der Waals surface area contributed by atoms with Crippen LogP contribution in [0.5, 0.6) is 5.88 Å². The van der Waals surface area contributed by atoms with E-state index in [4.69, 9.17) is 4.74 Å². The van der Waals surface area contributed by atoms with Gasteiger partial charge in [0.15, 0.2) is 0 Å². The summed E-state index contributed by atoms with van der Waals surface area (Å²) < 4.78 is 7.37. The maximum atomic E-state index is 5.46. The summed E-state index contributed by atoms with van der Waals surface area (Å²) in [6, 6.07) is 5.85. The van der Waals surface area contributed by atoms with Crippen molar-refractivity contribution in [1.29, 1.82) is 0 Å². The molecule has 0 amide bonds. The largest absolute Gasteiger partial charge is 0.481 e. The molecule has 2 heterocycles. The fourth-order valence-corrected chi connectivity index (χ4v) is 1.94. The Morgan fingerprint density at radius 2 is 2.18 bits per heavy atom. The van der Waals surface area contributed by atoms with E-state index in [1.165, 1.54) is 0 Å². The SMILES string of the molecule is CCCn1nc(C)c(-c2ccccn2)c1OC. The molecular weight excluding hydrogens is 214 g/mol. The Balaban J connectivity index is 2.53. The van der Waals surface area contributed by atoms with Gasteiger partial charge in [-0.1, -0.05) is 13.0 Å². The summed E-state index contributed by atoms with van der Waals surface area (Å²) in [5, 5.41) is 4.50. The molecule has 17 heavy (non-hydrogen) atoms. The summed E-state index contributed by atoms with van der Waals surface area (Å²) >= 11 is 0. The van der Waals surface area contributed by atoms with Crippen molar-refractivity contribution in [3.05, 3.63) is 30.1 Å². The highest BCUT2D eigenvalue weighted by Gasteiger charge is 2.17. The van der Waals surface area contributed by atoms with Crippen molar-refractivity contribution in [3.8, 4) is 17.1 Å². The van der Waals surface area contributed by atoms with Gasteiger partial charge in [-0.05, 0) is 25.5 Å². The van der Waals surface area contributed by atoms with Crippen LogP contribution in [-0.4, -0.2) is 21.9 Å². The van der Waals surface area contributed by atoms with E-state index in [9.17, 15) is 0 Å². The molecule has 0 atom stereocenters. The normalized spacial score (nSPS) is 10.5. The number of nitrogens with zero attached hydrogens (tertiary/aromatic N) is 3. The zero-order valence-corrected chi connectivity index (χ0v) is 10.5. The van der Waals surface area contributed by atoms with Crippen molar-refractivity contribution in [2.24, 2.45) is 0 Å². The van der Waals surface area contributed by atoms with Crippen molar-refractivity contribution in [3.63, 3.8) is 0 Å². The van der Waals surface area contributed by atoms with Crippen LogP contribution < -0.4 is 4.74 Å². The zero-order valence-electron chi connectivity index (χ0n) is 10.5. The van der Waals surface area contributed by atoms with Gasteiger partial charge in [-0.25, -0.2) is 4.68 Å². The number of methoxy groups -OCH3 is 1. The lowest BCUT2D eigenvalue weighted by Gasteiger charge is -2.06. The second kappa shape index (κ2) is 4.99. The van der Waals surface area contributed by atoms with E-state index in [1.807, 2.05) is 29.8 Å². The first-order valence-corrected chi connectivity index (χ1v) is 5.80. The molecule has 0 fully saturated rings. The predicted molar refractivity (Wildman–Crippen MR) is 67.0 cm³/mol. The van der Waals surface area contributed by atoms with E-state index in [0.717, 1.165) is 35.8 Å². The fraction of sp³-hybridized carbons (Fsp3) is 0.385. The Morgan fingerprint density at radius 1 is 1.35 bits per heavy atom. The average Bonchev–Trinajstić information content (AvgIpc) is 2.67. The van der Waals surface area contributed by atoms with Crippen LogP contribution in [0.15, 0.2) is 24.4 Å². The lowest BCUT2D eigenvalue weighted by Crippen LogP contribution is -2.02. The van der Waals surface area contributed by atoms with Gasteiger partial charge in [-0.3, -0.25) is 4.98 Å². The third-order valence-corrected chi connectivity index (χ3v) is 2.63. The monoisotopic (exact) mass is 231 g/mol. The Labute approximate surface area is 101 Å². The maximum absolute atomic E-state index is 5.46. The van der Waals surface area contributed by atoms with Gasteiger partial charge in [0.05, 0.1) is 24.1 Å². The highest BCUT2D eigenvalue weighted by atomic mass is 16.5. The fourth-order valence-electron chi connectivity index (χ4n) is 1.94. The highest BCUT2D eigenvalue weighted by molar-refractivity contribution is 5.67. The minimum absolute atomic E-state index is 0.794. The number of hydrogen-bond donors (Lipinski definition) is 0. The standard InChI is InChI=1S/C13H17N3O/c1-4-9-16-13(17-3)12(10(2)15-16)11-7-5-6-8-14-11/h5-8H,4,9H2,1-3H3. The van der Waals surface area contributed by atoms with E-state index in [-0.39, 0.29) is 0 Å². The molecule has 90 valence electrons. The summed E-state index contributed by atoms with van der Waals surface area (Å²) in [5.41, 5.74) is 2.85. The second-order valence-electron chi connectivity index (χ2n) is 3.91. The molecule has 0 aromatic carbocycles. The van der Waals surface area contributed by atoms with E-state index in [1.54, 1.807) is 13.3 Å². The summed E-state index contributed by atoms with van der Waals surface area (Å²) in [6.07, 6.45) is 2.81. The number of aryl methyl sites for hydroxylation is 2. The molecule has 0 unspecified atom stereocenters. The van der Waals surface area contributed by atoms with Crippen LogP contribution in [0.2, 0.25) is 0 Å². The minimum atomic E-state index is 0.794. The molecule has 0 aliphatic carbocycles. The summed E-state index contributed by atoms with van der Waals surface area (Å²) in [7, 11) is 1.68. The third kappa shape index (κ3) is 2.16. The van der Waals surface area contributed by atoms with Crippen molar-refractivity contribution < 1.29 is 4.74 Å². The molecule has 4 nitrogen and oxygen atoms in total. The Morgan fingerprint density at radius 3 is 2.76 bits per heavy atom. The molecule has 2 aromatic heterocycles. The quantitative estimate of drug-likeness (QED) is 0.812. The maximum Gasteiger partial charge on any atom is 0.221 e. The molecular formula is C13H17N3O. The molecule has 0 spiro atoms. The van der Waals surface area contributed by atoms with Crippen LogP contribution in [0.1, 0.15) is 19.0 Å². The first-order chi connectivity index (χ1) is 8.27. The zero-order chi connectivity index (χ0) is 12.3. The van der Waals surface area contributed by atoms with Gasteiger partial charge >= 0.3 is 0 Å². The Hall–Kier alpha value is -1.84. The molecule has 0 saturated heterocycles. The Kier molecular flexibility index (Phi) is 3.42. The van der Waals surface area contributed by atoms with Crippen LogP contribution in [0.4, 0.5) is 0 Å². The molecule has 2 aromatic rings. The van der Waals surface area contributed by atoms with Crippen LogP contribution >= 0.6 is 0 Å². The first kappa shape index (κ1) is 11.6. The molecule has 4 heteroatoms. The molecule has 0 radical (unpaired) electrons. The van der Waals surface area contributed by atoms with Gasteiger partial charge in [0.1, 0.15) is 0 Å². The van der Waals surface area contributed by atoms with Crippen LogP contribution in [-0.2, 0) is 6.54 Å². The third-order valence-electron chi connectivity index (χ3n) is 2.63. The lowest BCUT2D eigenvalue weighted by atomic mass is 10.1. The van der Waals surface area contributed by atoms with E-state index >= 15 is 0 Å². The Bertz CT molecular complexity index is 491. The van der Waals surface area contributed by atoms with Crippen molar-refractivity contribution in [2.45, 2.75) is 26.8 Å². The van der Waals surface area contributed by atoms with Crippen molar-refractivity contribution in [2.75, 3.05) is 7.11 Å². The summed E-state index contributed by atoms with van der Waals surface area (Å²) in [6.45, 7) is 4.96. The van der Waals surface area contributed by atoms with E-state index in [2.05, 4.69) is 17.0 Å². The molecule has 0 saturated carbocycles. The molecule has 0 aliphatic rings. The van der Waals surface area contributed by atoms with Crippen molar-refractivity contribution in [1.82, 2.24) is 14.8 Å². The molecule has 2 rings (SSSR count). The number of aromatic nitrogens is 3. The number of rotatable bonds is 4. The van der Waals surface area contributed by atoms with Gasteiger partial charge in [0, 0.05) is 12.7 Å².